The van der Waals surface area contributed by atoms with Crippen molar-refractivity contribution in [1.29, 1.82) is 0 Å². The zero-order valence-corrected chi connectivity index (χ0v) is 16.7. The van der Waals surface area contributed by atoms with E-state index >= 15 is 0 Å². The van der Waals surface area contributed by atoms with Crippen LogP contribution in [-0.4, -0.2) is 53.5 Å². The zero-order valence-electron chi connectivity index (χ0n) is 15.9. The van der Waals surface area contributed by atoms with E-state index in [0.717, 1.165) is 22.0 Å². The van der Waals surface area contributed by atoms with E-state index in [1.54, 1.807) is 0 Å². The zero-order chi connectivity index (χ0) is 21.9. The van der Waals surface area contributed by atoms with Gasteiger partial charge in [0.25, 0.3) is 0 Å². The molecular formula is C20H22F3NO5S. The molecule has 0 radical (unpaired) electrons. The van der Waals surface area contributed by atoms with Crippen LogP contribution >= 0.6 is 0 Å². The first-order valence-electron chi connectivity index (χ1n) is 9.21. The Morgan fingerprint density at radius 1 is 1.03 bits per heavy atom. The lowest BCUT2D eigenvalue weighted by Crippen LogP contribution is -2.60. The number of benzene rings is 2. The number of nitrogens with zero attached hydrogens (tertiary/aromatic N) is 1. The summed E-state index contributed by atoms with van der Waals surface area (Å²) in [6.07, 6.45) is -7.52. The molecule has 30 heavy (non-hydrogen) atoms. The summed E-state index contributed by atoms with van der Waals surface area (Å²) in [5.74, 6) is -0.720. The highest BCUT2D eigenvalue weighted by Gasteiger charge is 2.45. The number of aliphatic hydroxyl groups excluding tert-OH is 2. The van der Waals surface area contributed by atoms with Gasteiger partial charge in [0.05, 0.1) is 42.8 Å². The minimum atomic E-state index is -4.56. The van der Waals surface area contributed by atoms with Crippen molar-refractivity contribution in [3.8, 4) is 0 Å². The lowest BCUT2D eigenvalue weighted by atomic mass is 10.1. The van der Waals surface area contributed by atoms with Gasteiger partial charge in [-0.3, -0.25) is 0 Å². The van der Waals surface area contributed by atoms with Crippen LogP contribution in [-0.2, 0) is 34.1 Å². The van der Waals surface area contributed by atoms with Crippen molar-refractivity contribution in [3.05, 3.63) is 71.3 Å². The SMILES string of the molecule is O=S1(=O)C[C@@H](O)[C@H](O)[C@@H](COCc2ccccc2)N1Cc1cccc(C(F)(F)F)c1. The predicted octanol–water partition coefficient (Wildman–Crippen LogP) is 2.16. The molecule has 1 aliphatic heterocycles. The summed E-state index contributed by atoms with van der Waals surface area (Å²) in [4.78, 5) is 0. The fourth-order valence-corrected chi connectivity index (χ4v) is 5.10. The van der Waals surface area contributed by atoms with Crippen molar-refractivity contribution < 1.29 is 36.5 Å². The van der Waals surface area contributed by atoms with Gasteiger partial charge in [0.15, 0.2) is 0 Å². The van der Waals surface area contributed by atoms with Gasteiger partial charge in [-0.05, 0) is 17.2 Å². The minimum absolute atomic E-state index is 0.116. The smallest absolute Gasteiger partial charge is 0.389 e. The van der Waals surface area contributed by atoms with Crippen molar-refractivity contribution in [3.63, 3.8) is 0 Å². The largest absolute Gasteiger partial charge is 0.416 e. The lowest BCUT2D eigenvalue weighted by Gasteiger charge is -2.40. The number of rotatable bonds is 6. The van der Waals surface area contributed by atoms with E-state index in [4.69, 9.17) is 4.74 Å². The molecule has 3 rings (SSSR count). The van der Waals surface area contributed by atoms with E-state index < -0.39 is 45.8 Å². The second-order valence-electron chi connectivity index (χ2n) is 7.15. The molecule has 0 aliphatic carbocycles. The Hall–Kier alpha value is -1.98. The van der Waals surface area contributed by atoms with Crippen LogP contribution in [0.2, 0.25) is 0 Å². The molecule has 10 heteroatoms. The summed E-state index contributed by atoms with van der Waals surface area (Å²) in [6, 6.07) is 12.3. The molecule has 1 fully saturated rings. The minimum Gasteiger partial charge on any atom is -0.389 e. The molecule has 6 nitrogen and oxygen atoms in total. The van der Waals surface area contributed by atoms with Crippen LogP contribution in [0.4, 0.5) is 13.2 Å². The summed E-state index contributed by atoms with van der Waals surface area (Å²) in [5, 5.41) is 20.4. The second-order valence-corrected chi connectivity index (χ2v) is 9.11. The van der Waals surface area contributed by atoms with E-state index in [9.17, 15) is 31.8 Å². The van der Waals surface area contributed by atoms with Crippen LogP contribution in [0.25, 0.3) is 0 Å². The molecule has 1 heterocycles. The van der Waals surface area contributed by atoms with Gasteiger partial charge < -0.3 is 14.9 Å². The molecule has 2 N–H and O–H groups in total. The molecule has 164 valence electrons. The van der Waals surface area contributed by atoms with Crippen molar-refractivity contribution >= 4 is 10.0 Å². The quantitative estimate of drug-likeness (QED) is 0.712. The highest BCUT2D eigenvalue weighted by Crippen LogP contribution is 2.31. The van der Waals surface area contributed by atoms with Crippen molar-refractivity contribution in [1.82, 2.24) is 4.31 Å². The number of hydrogen-bond donors (Lipinski definition) is 2. The molecule has 3 atom stereocenters. The van der Waals surface area contributed by atoms with Gasteiger partial charge in [0.1, 0.15) is 0 Å². The summed E-state index contributed by atoms with van der Waals surface area (Å²) >= 11 is 0. The van der Waals surface area contributed by atoms with E-state index in [-0.39, 0.29) is 25.3 Å². The number of ether oxygens (including phenoxy) is 1. The summed E-state index contributed by atoms with van der Waals surface area (Å²) < 4.78 is 70.7. The second kappa shape index (κ2) is 9.03. The van der Waals surface area contributed by atoms with E-state index in [1.165, 1.54) is 12.1 Å². The summed E-state index contributed by atoms with van der Waals surface area (Å²) in [5.41, 5.74) is 0.0487. The predicted molar refractivity (Wildman–Crippen MR) is 103 cm³/mol. The van der Waals surface area contributed by atoms with Crippen LogP contribution in [0.15, 0.2) is 54.6 Å². The highest BCUT2D eigenvalue weighted by molar-refractivity contribution is 7.89. The monoisotopic (exact) mass is 445 g/mol. The maximum absolute atomic E-state index is 13.0. The lowest BCUT2D eigenvalue weighted by molar-refractivity contribution is -0.137. The molecule has 0 amide bonds. The van der Waals surface area contributed by atoms with Gasteiger partial charge in [0, 0.05) is 6.54 Å². The van der Waals surface area contributed by atoms with Crippen LogP contribution in [0, 0.1) is 0 Å². The molecule has 0 unspecified atom stereocenters. The summed E-state index contributed by atoms with van der Waals surface area (Å²) in [7, 11) is -4.03. The van der Waals surface area contributed by atoms with Gasteiger partial charge in [-0.25, -0.2) is 8.42 Å². The Bertz CT molecular complexity index is 952. The first-order chi connectivity index (χ1) is 14.1. The molecule has 1 saturated heterocycles. The average Bonchev–Trinajstić information content (AvgIpc) is 2.68. The molecule has 0 bridgehead atoms. The van der Waals surface area contributed by atoms with E-state index in [0.29, 0.717) is 0 Å². The third-order valence-electron chi connectivity index (χ3n) is 4.89. The Morgan fingerprint density at radius 2 is 1.70 bits per heavy atom. The number of alkyl halides is 3. The summed E-state index contributed by atoms with van der Waals surface area (Å²) in [6.45, 7) is -0.460. The van der Waals surface area contributed by atoms with E-state index in [2.05, 4.69) is 0 Å². The van der Waals surface area contributed by atoms with Gasteiger partial charge in [0.2, 0.25) is 10.0 Å². The normalized spacial score (nSPS) is 24.6. The Labute approximate surface area is 172 Å². The average molecular weight is 445 g/mol. The molecule has 2 aromatic carbocycles. The van der Waals surface area contributed by atoms with Crippen LogP contribution in [0.1, 0.15) is 16.7 Å². The maximum atomic E-state index is 13.0. The fraction of sp³-hybridized carbons (Fsp3) is 0.400. The third-order valence-corrected chi connectivity index (χ3v) is 6.77. The van der Waals surface area contributed by atoms with Crippen molar-refractivity contribution in [2.24, 2.45) is 0 Å². The maximum Gasteiger partial charge on any atom is 0.416 e. The molecule has 0 aromatic heterocycles. The topological polar surface area (TPSA) is 87.1 Å². The highest BCUT2D eigenvalue weighted by atomic mass is 32.2. The van der Waals surface area contributed by atoms with Crippen LogP contribution < -0.4 is 0 Å². The van der Waals surface area contributed by atoms with Gasteiger partial charge in [-0.2, -0.15) is 17.5 Å². The van der Waals surface area contributed by atoms with Gasteiger partial charge in [-0.1, -0.05) is 48.5 Å². The number of halogens is 3. The van der Waals surface area contributed by atoms with Crippen molar-refractivity contribution in [2.45, 2.75) is 37.6 Å². The molecule has 0 spiro atoms. The van der Waals surface area contributed by atoms with Gasteiger partial charge in [-0.15, -0.1) is 0 Å². The van der Waals surface area contributed by atoms with Crippen LogP contribution in [0.3, 0.4) is 0 Å². The van der Waals surface area contributed by atoms with Crippen molar-refractivity contribution in [2.75, 3.05) is 12.4 Å². The molecule has 0 saturated carbocycles. The molecule has 1 aliphatic rings. The number of aliphatic hydroxyl groups is 2. The number of sulfonamides is 1. The Balaban J connectivity index is 1.80. The van der Waals surface area contributed by atoms with Gasteiger partial charge >= 0.3 is 6.18 Å². The van der Waals surface area contributed by atoms with Crippen LogP contribution in [0.5, 0.6) is 0 Å². The first-order valence-corrected chi connectivity index (χ1v) is 10.8. The first kappa shape index (κ1) is 22.7. The Morgan fingerprint density at radius 3 is 2.37 bits per heavy atom. The standard InChI is InChI=1S/C20H22F3NO5S/c21-20(22,23)16-8-4-7-15(9-16)10-24-17(19(26)18(25)13-30(24,27)28)12-29-11-14-5-2-1-3-6-14/h1-9,17-19,25-26H,10-13H2/t17-,18-,19-/m1/s1. The van der Waals surface area contributed by atoms with E-state index in [1.807, 2.05) is 30.3 Å². The Kier molecular flexibility index (Phi) is 6.83. The third kappa shape index (κ3) is 5.38. The fourth-order valence-electron chi connectivity index (χ4n) is 3.34. The molecule has 2 aromatic rings. The number of hydrogen-bond acceptors (Lipinski definition) is 5. The molecular weight excluding hydrogens is 423 g/mol.